The predicted octanol–water partition coefficient (Wildman–Crippen LogP) is 5.48. The summed E-state index contributed by atoms with van der Waals surface area (Å²) in [5.74, 6) is -0.188. The van der Waals surface area contributed by atoms with Crippen LogP contribution < -0.4 is 14.8 Å². The van der Waals surface area contributed by atoms with E-state index in [2.05, 4.69) is 10.3 Å². The van der Waals surface area contributed by atoms with Gasteiger partial charge in [0.1, 0.15) is 6.61 Å². The summed E-state index contributed by atoms with van der Waals surface area (Å²) in [5.41, 5.74) is 4.74. The van der Waals surface area contributed by atoms with Crippen molar-refractivity contribution >= 4 is 40.6 Å². The lowest BCUT2D eigenvalue weighted by Crippen LogP contribution is -2.19. The van der Waals surface area contributed by atoms with Gasteiger partial charge in [0.05, 0.1) is 23.3 Å². The first kappa shape index (κ1) is 24.1. The number of nitrogens with zero attached hydrogens (tertiary/aromatic N) is 1. The molecule has 35 heavy (non-hydrogen) atoms. The second-order valence-electron chi connectivity index (χ2n) is 7.91. The van der Waals surface area contributed by atoms with Gasteiger partial charge >= 0.3 is 5.97 Å². The summed E-state index contributed by atoms with van der Waals surface area (Å²) >= 11 is 1.28. The molecule has 3 aromatic carbocycles. The standard InChI is InChI=1S/C27H24N2O5S/c1-16-6-4-9-21(17(16)2)28-27-29-25(30)24(35-27)14-18-10-11-22(23(13-18)33-3)34-15-19-7-5-8-20(12-19)26(31)32/h4-14H,15H2,1-3H3,(H,31,32)(H,28,29,30)/b24-14-. The molecule has 1 fully saturated rings. The predicted molar refractivity (Wildman–Crippen MR) is 137 cm³/mol. The van der Waals surface area contributed by atoms with Gasteiger partial charge in [-0.2, -0.15) is 0 Å². The van der Waals surface area contributed by atoms with Gasteiger partial charge in [0, 0.05) is 0 Å². The van der Waals surface area contributed by atoms with Crippen molar-refractivity contribution in [2.24, 2.45) is 4.99 Å². The van der Waals surface area contributed by atoms with Crippen LogP contribution in [0.15, 0.2) is 70.6 Å². The SMILES string of the molecule is COc1cc(/C=C2\SC(=Nc3cccc(C)c3C)NC2=O)ccc1OCc1cccc(C(=O)O)c1. The highest BCUT2D eigenvalue weighted by Gasteiger charge is 2.24. The van der Waals surface area contributed by atoms with Crippen molar-refractivity contribution < 1.29 is 24.2 Å². The lowest BCUT2D eigenvalue weighted by atomic mass is 10.1. The molecule has 1 amide bonds. The minimum atomic E-state index is -0.988. The fourth-order valence-corrected chi connectivity index (χ4v) is 4.28. The number of aromatic carboxylic acids is 1. The number of carboxylic acids is 1. The molecule has 0 bridgehead atoms. The number of aliphatic imine (C=N–C) groups is 1. The maximum absolute atomic E-state index is 12.5. The zero-order valence-corrected chi connectivity index (χ0v) is 20.3. The molecule has 0 radical (unpaired) electrons. The Labute approximate surface area is 207 Å². The number of carbonyl (C=O) groups is 2. The Balaban J connectivity index is 1.50. The lowest BCUT2D eigenvalue weighted by Gasteiger charge is -2.12. The molecule has 0 aliphatic carbocycles. The largest absolute Gasteiger partial charge is 0.493 e. The quantitative estimate of drug-likeness (QED) is 0.428. The van der Waals surface area contributed by atoms with Gasteiger partial charge in [-0.1, -0.05) is 30.3 Å². The molecule has 1 aliphatic rings. The summed E-state index contributed by atoms with van der Waals surface area (Å²) in [7, 11) is 1.54. The van der Waals surface area contributed by atoms with E-state index in [0.29, 0.717) is 21.6 Å². The van der Waals surface area contributed by atoms with Crippen LogP contribution in [0.4, 0.5) is 5.69 Å². The highest BCUT2D eigenvalue weighted by atomic mass is 32.2. The average molecular weight is 489 g/mol. The van der Waals surface area contributed by atoms with Crippen LogP contribution in [0, 0.1) is 13.8 Å². The topological polar surface area (TPSA) is 97.2 Å². The Hall–Kier alpha value is -4.04. The van der Waals surface area contributed by atoms with Crippen LogP contribution >= 0.6 is 11.8 Å². The normalized spacial score (nSPS) is 15.3. The molecule has 8 heteroatoms. The molecule has 1 saturated heterocycles. The molecule has 178 valence electrons. The molecule has 2 N–H and O–H groups in total. The fraction of sp³-hybridized carbons (Fsp3) is 0.148. The summed E-state index contributed by atoms with van der Waals surface area (Å²) in [4.78, 5) is 28.8. The van der Waals surface area contributed by atoms with Crippen LogP contribution in [0.1, 0.15) is 32.6 Å². The maximum Gasteiger partial charge on any atom is 0.335 e. The average Bonchev–Trinajstić information content (AvgIpc) is 3.19. The van der Waals surface area contributed by atoms with Crippen LogP contribution in [-0.2, 0) is 11.4 Å². The minimum absolute atomic E-state index is 0.189. The number of carboxylic acid groups (broad SMARTS) is 1. The second kappa shape index (κ2) is 10.5. The number of ether oxygens (including phenoxy) is 2. The van der Waals surface area contributed by atoms with E-state index >= 15 is 0 Å². The molecule has 0 aromatic heterocycles. The summed E-state index contributed by atoms with van der Waals surface area (Å²) in [6, 6.07) is 17.8. The van der Waals surface area contributed by atoms with E-state index in [1.165, 1.54) is 24.9 Å². The van der Waals surface area contributed by atoms with Gasteiger partial charge in [-0.3, -0.25) is 4.79 Å². The first-order valence-corrected chi connectivity index (χ1v) is 11.6. The van der Waals surface area contributed by atoms with Crippen molar-refractivity contribution in [3.05, 3.63) is 93.4 Å². The van der Waals surface area contributed by atoms with E-state index in [1.54, 1.807) is 36.4 Å². The van der Waals surface area contributed by atoms with Gasteiger partial charge in [0.25, 0.3) is 5.91 Å². The number of hydrogen-bond acceptors (Lipinski definition) is 6. The first-order valence-electron chi connectivity index (χ1n) is 10.8. The maximum atomic E-state index is 12.5. The number of rotatable bonds is 7. The van der Waals surface area contributed by atoms with Crippen LogP contribution in [-0.4, -0.2) is 29.3 Å². The molecule has 0 unspecified atom stereocenters. The van der Waals surface area contributed by atoms with E-state index in [4.69, 9.17) is 14.6 Å². The molecule has 0 spiro atoms. The molecule has 1 aliphatic heterocycles. The highest BCUT2D eigenvalue weighted by molar-refractivity contribution is 8.18. The number of thioether (sulfide) groups is 1. The van der Waals surface area contributed by atoms with Crippen molar-refractivity contribution in [2.45, 2.75) is 20.5 Å². The summed E-state index contributed by atoms with van der Waals surface area (Å²) in [6.45, 7) is 4.22. The summed E-state index contributed by atoms with van der Waals surface area (Å²) < 4.78 is 11.3. The third kappa shape index (κ3) is 5.73. The van der Waals surface area contributed by atoms with E-state index in [0.717, 1.165) is 27.9 Å². The second-order valence-corrected chi connectivity index (χ2v) is 8.94. The third-order valence-corrected chi connectivity index (χ3v) is 6.41. The number of methoxy groups -OCH3 is 1. The Morgan fingerprint density at radius 2 is 1.89 bits per heavy atom. The zero-order chi connectivity index (χ0) is 24.9. The van der Waals surface area contributed by atoms with Crippen molar-refractivity contribution in [3.8, 4) is 11.5 Å². The van der Waals surface area contributed by atoms with E-state index in [-0.39, 0.29) is 18.1 Å². The Bertz CT molecular complexity index is 1360. The Morgan fingerprint density at radius 3 is 2.66 bits per heavy atom. The Kier molecular flexibility index (Phi) is 7.22. The monoisotopic (exact) mass is 488 g/mol. The van der Waals surface area contributed by atoms with E-state index in [9.17, 15) is 9.59 Å². The van der Waals surface area contributed by atoms with Crippen LogP contribution in [0.2, 0.25) is 0 Å². The zero-order valence-electron chi connectivity index (χ0n) is 19.5. The summed E-state index contributed by atoms with van der Waals surface area (Å²) in [6.07, 6.45) is 1.77. The van der Waals surface area contributed by atoms with Crippen LogP contribution in [0.3, 0.4) is 0 Å². The van der Waals surface area contributed by atoms with Gasteiger partial charge in [-0.15, -0.1) is 0 Å². The molecule has 0 atom stereocenters. The van der Waals surface area contributed by atoms with Crippen molar-refractivity contribution in [1.29, 1.82) is 0 Å². The Morgan fingerprint density at radius 1 is 1.09 bits per heavy atom. The van der Waals surface area contributed by atoms with Crippen molar-refractivity contribution in [3.63, 3.8) is 0 Å². The van der Waals surface area contributed by atoms with E-state index in [1.807, 2.05) is 38.1 Å². The first-order chi connectivity index (χ1) is 16.8. The lowest BCUT2D eigenvalue weighted by molar-refractivity contribution is -0.115. The molecule has 3 aromatic rings. The van der Waals surface area contributed by atoms with Gasteiger partial charge in [-0.25, -0.2) is 9.79 Å². The molecule has 7 nitrogen and oxygen atoms in total. The number of amidine groups is 1. The van der Waals surface area contributed by atoms with Gasteiger partial charge in [0.15, 0.2) is 16.7 Å². The van der Waals surface area contributed by atoms with Crippen LogP contribution in [0.5, 0.6) is 11.5 Å². The molecule has 1 heterocycles. The van der Waals surface area contributed by atoms with E-state index < -0.39 is 5.97 Å². The number of aryl methyl sites for hydroxylation is 1. The number of benzene rings is 3. The smallest absolute Gasteiger partial charge is 0.335 e. The molecular weight excluding hydrogens is 464 g/mol. The number of nitrogens with one attached hydrogen (secondary N) is 1. The molecule has 0 saturated carbocycles. The minimum Gasteiger partial charge on any atom is -0.493 e. The number of carbonyl (C=O) groups excluding carboxylic acids is 1. The van der Waals surface area contributed by atoms with Crippen molar-refractivity contribution in [1.82, 2.24) is 5.32 Å². The van der Waals surface area contributed by atoms with Gasteiger partial charge in [0.2, 0.25) is 0 Å². The number of amides is 1. The van der Waals surface area contributed by atoms with Crippen LogP contribution in [0.25, 0.3) is 6.08 Å². The highest BCUT2D eigenvalue weighted by Crippen LogP contribution is 2.33. The van der Waals surface area contributed by atoms with Gasteiger partial charge < -0.3 is 19.9 Å². The summed E-state index contributed by atoms with van der Waals surface area (Å²) in [5, 5.41) is 12.5. The number of hydrogen-bond donors (Lipinski definition) is 2. The van der Waals surface area contributed by atoms with Crippen molar-refractivity contribution in [2.75, 3.05) is 7.11 Å². The molecular formula is C27H24N2O5S. The molecule has 4 rings (SSSR count). The fourth-order valence-electron chi connectivity index (χ4n) is 3.45. The third-order valence-electron chi connectivity index (χ3n) is 5.50. The van der Waals surface area contributed by atoms with Gasteiger partial charge in [-0.05, 0) is 84.3 Å².